The monoisotopic (exact) mass is 309 g/mol. The number of carbonyl (C=O) groups is 1. The molecule has 0 saturated heterocycles. The van der Waals surface area contributed by atoms with Gasteiger partial charge < -0.3 is 4.90 Å². The first-order valence-electron chi connectivity index (χ1n) is 6.62. The lowest BCUT2D eigenvalue weighted by atomic mass is 10.1. The maximum absolute atomic E-state index is 12.4. The van der Waals surface area contributed by atoms with Crippen LogP contribution in [0.15, 0.2) is 24.3 Å². The molecule has 1 rings (SSSR count). The van der Waals surface area contributed by atoms with Crippen LogP contribution in [0, 0.1) is 12.3 Å². The summed E-state index contributed by atoms with van der Waals surface area (Å²) in [5, 5.41) is 0. The minimum Gasteiger partial charge on any atom is -0.339 e. The van der Waals surface area contributed by atoms with Crippen molar-refractivity contribution < 1.29 is 17.4 Å². The fraction of sp³-hybridized carbons (Fsp3) is 0.400. The van der Waals surface area contributed by atoms with Crippen LogP contribution in [0.25, 0.3) is 0 Å². The van der Waals surface area contributed by atoms with Gasteiger partial charge in [-0.25, -0.2) is 0 Å². The van der Waals surface area contributed by atoms with Gasteiger partial charge in [0.15, 0.2) is 0 Å². The van der Waals surface area contributed by atoms with E-state index >= 15 is 0 Å². The maximum atomic E-state index is 12.4. The van der Waals surface area contributed by atoms with Gasteiger partial charge in [0, 0.05) is 18.7 Å². The van der Waals surface area contributed by atoms with Crippen molar-refractivity contribution in [3.63, 3.8) is 0 Å². The van der Waals surface area contributed by atoms with Crippen LogP contribution in [-0.2, 0) is 20.1 Å². The maximum Gasteiger partial charge on any atom is 0.272 e. The lowest BCUT2D eigenvalue weighted by molar-refractivity contribution is 0.0772. The van der Waals surface area contributed by atoms with E-state index in [9.17, 15) is 13.2 Å². The number of benzene rings is 1. The van der Waals surface area contributed by atoms with Crippen molar-refractivity contribution in [1.29, 1.82) is 0 Å². The first-order valence-corrected chi connectivity index (χ1v) is 8.20. The Kier molecular flexibility index (Phi) is 6.40. The lowest BCUT2D eigenvalue weighted by Gasteiger charge is -2.20. The van der Waals surface area contributed by atoms with Crippen molar-refractivity contribution >= 4 is 16.0 Å². The molecule has 0 aliphatic heterocycles. The van der Waals surface area contributed by atoms with Crippen molar-refractivity contribution in [2.45, 2.75) is 19.6 Å². The van der Waals surface area contributed by atoms with Crippen LogP contribution in [0.1, 0.15) is 29.8 Å². The van der Waals surface area contributed by atoms with Gasteiger partial charge in [0.2, 0.25) is 0 Å². The van der Waals surface area contributed by atoms with Gasteiger partial charge in [-0.2, -0.15) is 8.42 Å². The summed E-state index contributed by atoms with van der Waals surface area (Å²) in [4.78, 5) is 14.0. The van der Waals surface area contributed by atoms with Crippen molar-refractivity contribution in [2.75, 3.05) is 19.7 Å². The molecule has 0 fully saturated rings. The fourth-order valence-corrected chi connectivity index (χ4v) is 2.86. The van der Waals surface area contributed by atoms with Crippen molar-refractivity contribution in [3.05, 3.63) is 35.4 Å². The molecule has 0 radical (unpaired) electrons. The quantitative estimate of drug-likeness (QED) is 0.567. The zero-order valence-electron chi connectivity index (χ0n) is 12.2. The van der Waals surface area contributed by atoms with E-state index in [0.717, 1.165) is 0 Å². The Morgan fingerprint density at radius 2 is 1.90 bits per heavy atom. The summed E-state index contributed by atoms with van der Waals surface area (Å²) in [5.74, 6) is 1.54. The molecule has 0 aliphatic carbocycles. The third-order valence-corrected chi connectivity index (χ3v) is 4.09. The molecule has 0 atom stereocenters. The Morgan fingerprint density at radius 3 is 2.48 bits per heavy atom. The van der Waals surface area contributed by atoms with E-state index in [0.29, 0.717) is 24.2 Å². The SMILES string of the molecule is C#CCOS(=O)(=O)Cc1ccccc1C(=O)N(CC)CC. The van der Waals surface area contributed by atoms with Crippen molar-refractivity contribution in [1.82, 2.24) is 4.90 Å². The third kappa shape index (κ3) is 4.88. The number of rotatable bonds is 7. The summed E-state index contributed by atoms with van der Waals surface area (Å²) in [7, 11) is -3.81. The van der Waals surface area contributed by atoms with Gasteiger partial charge in [-0.1, -0.05) is 24.1 Å². The topological polar surface area (TPSA) is 63.7 Å². The highest BCUT2D eigenvalue weighted by Gasteiger charge is 2.20. The second-order valence-corrected chi connectivity index (χ2v) is 5.94. The second kappa shape index (κ2) is 7.81. The molecule has 114 valence electrons. The molecular weight excluding hydrogens is 290 g/mol. The Hall–Kier alpha value is -1.84. The Balaban J connectivity index is 3.05. The van der Waals surface area contributed by atoms with Gasteiger partial charge in [0.1, 0.15) is 12.4 Å². The van der Waals surface area contributed by atoms with Crippen LogP contribution < -0.4 is 0 Å². The summed E-state index contributed by atoms with van der Waals surface area (Å²) in [5.41, 5.74) is 0.778. The van der Waals surface area contributed by atoms with Crippen LogP contribution >= 0.6 is 0 Å². The van der Waals surface area contributed by atoms with Crippen LogP contribution in [0.4, 0.5) is 0 Å². The molecule has 0 aromatic heterocycles. The molecule has 1 aromatic carbocycles. The molecule has 0 bridgehead atoms. The van der Waals surface area contributed by atoms with Gasteiger partial charge >= 0.3 is 0 Å². The first kappa shape index (κ1) is 17.2. The van der Waals surface area contributed by atoms with E-state index < -0.39 is 10.1 Å². The summed E-state index contributed by atoms with van der Waals surface area (Å²) in [6, 6.07) is 6.61. The molecule has 0 aliphatic rings. The van der Waals surface area contributed by atoms with Gasteiger partial charge in [-0.15, -0.1) is 6.42 Å². The lowest BCUT2D eigenvalue weighted by Crippen LogP contribution is -2.31. The highest BCUT2D eigenvalue weighted by molar-refractivity contribution is 7.85. The van der Waals surface area contributed by atoms with E-state index in [4.69, 9.17) is 6.42 Å². The Labute approximate surface area is 126 Å². The summed E-state index contributed by atoms with van der Waals surface area (Å²) in [6.07, 6.45) is 4.98. The highest BCUT2D eigenvalue weighted by atomic mass is 32.2. The number of hydrogen-bond acceptors (Lipinski definition) is 4. The standard InChI is InChI=1S/C15H19NO4S/c1-4-11-20-21(18,19)12-13-9-7-8-10-14(13)15(17)16(5-2)6-3/h1,7-10H,5-6,11-12H2,2-3H3. The van der Waals surface area contributed by atoms with Gasteiger partial charge in [0.25, 0.3) is 16.0 Å². The van der Waals surface area contributed by atoms with Gasteiger partial charge in [-0.05, 0) is 25.5 Å². The fourth-order valence-electron chi connectivity index (χ4n) is 1.89. The minimum atomic E-state index is -3.81. The molecule has 5 nitrogen and oxygen atoms in total. The second-order valence-electron chi connectivity index (χ2n) is 4.30. The molecule has 0 unspecified atom stereocenters. The smallest absolute Gasteiger partial charge is 0.272 e. The number of nitrogens with zero attached hydrogens (tertiary/aromatic N) is 1. The molecule has 6 heteroatoms. The first-order chi connectivity index (χ1) is 9.95. The number of hydrogen-bond donors (Lipinski definition) is 0. The van der Waals surface area contributed by atoms with Gasteiger partial charge in [-0.3, -0.25) is 8.98 Å². The van der Waals surface area contributed by atoms with Crippen LogP contribution in [-0.4, -0.2) is 38.9 Å². The Morgan fingerprint density at radius 1 is 1.29 bits per heavy atom. The predicted octanol–water partition coefficient (Wildman–Crippen LogP) is 1.65. The average Bonchev–Trinajstić information content (AvgIpc) is 2.46. The van der Waals surface area contributed by atoms with E-state index in [1.165, 1.54) is 0 Å². The molecule has 0 heterocycles. The summed E-state index contributed by atoms with van der Waals surface area (Å²) >= 11 is 0. The summed E-state index contributed by atoms with van der Waals surface area (Å²) < 4.78 is 28.2. The highest BCUT2D eigenvalue weighted by Crippen LogP contribution is 2.16. The van der Waals surface area contributed by atoms with Crippen molar-refractivity contribution in [3.8, 4) is 12.3 Å². The van der Waals surface area contributed by atoms with E-state index in [2.05, 4.69) is 10.1 Å². The zero-order chi connectivity index (χ0) is 15.9. The summed E-state index contributed by atoms with van der Waals surface area (Å²) in [6.45, 7) is 4.55. The normalized spacial score (nSPS) is 10.9. The van der Waals surface area contributed by atoms with E-state index in [1.54, 1.807) is 29.2 Å². The number of terminal acetylenes is 1. The molecular formula is C15H19NO4S. The molecule has 1 aromatic rings. The third-order valence-electron chi connectivity index (χ3n) is 2.95. The molecule has 0 N–H and O–H groups in total. The van der Waals surface area contributed by atoms with Gasteiger partial charge in [0.05, 0.1) is 0 Å². The molecule has 21 heavy (non-hydrogen) atoms. The van der Waals surface area contributed by atoms with E-state index in [1.807, 2.05) is 13.8 Å². The van der Waals surface area contributed by atoms with Crippen LogP contribution in [0.5, 0.6) is 0 Å². The minimum absolute atomic E-state index is 0.192. The number of amides is 1. The van der Waals surface area contributed by atoms with Crippen LogP contribution in [0.2, 0.25) is 0 Å². The molecule has 0 saturated carbocycles. The molecule has 1 amide bonds. The van der Waals surface area contributed by atoms with E-state index in [-0.39, 0.29) is 18.3 Å². The predicted molar refractivity (Wildman–Crippen MR) is 81.1 cm³/mol. The zero-order valence-corrected chi connectivity index (χ0v) is 13.0. The molecule has 0 spiro atoms. The average molecular weight is 309 g/mol. The van der Waals surface area contributed by atoms with Crippen LogP contribution in [0.3, 0.4) is 0 Å². The van der Waals surface area contributed by atoms with Crippen molar-refractivity contribution in [2.24, 2.45) is 0 Å². The number of carbonyl (C=O) groups excluding carboxylic acids is 1. The Bertz CT molecular complexity index is 627. The largest absolute Gasteiger partial charge is 0.339 e.